The van der Waals surface area contributed by atoms with Crippen LogP contribution in [-0.2, 0) is 9.53 Å². The molecule has 0 aromatic heterocycles. The fourth-order valence-corrected chi connectivity index (χ4v) is 1.46. The molecule has 7 heteroatoms. The highest BCUT2D eigenvalue weighted by atomic mass is 35.5. The number of methoxy groups -OCH3 is 1. The van der Waals surface area contributed by atoms with Gasteiger partial charge < -0.3 is 20.7 Å². The van der Waals surface area contributed by atoms with Crippen molar-refractivity contribution in [3.05, 3.63) is 28.8 Å². The maximum atomic E-state index is 11.3. The maximum absolute atomic E-state index is 11.3. The second kappa shape index (κ2) is 6.23. The number of aryl methyl sites for hydroxylation is 1. The molecule has 1 aromatic carbocycles. The monoisotopic (exact) mass is 275 g/mol. The SMILES string of the molecule is COC(=O)[C@@H](N)c1c(C(=O)O)ccc(C)c1O.Cl. The first-order valence-electron chi connectivity index (χ1n) is 4.79. The zero-order chi connectivity index (χ0) is 13.2. The number of aromatic hydroxyl groups is 1. The Labute approximate surface area is 110 Å². The lowest BCUT2D eigenvalue weighted by Crippen LogP contribution is -2.25. The van der Waals surface area contributed by atoms with Crippen LogP contribution >= 0.6 is 12.4 Å². The predicted molar refractivity (Wildman–Crippen MR) is 66.0 cm³/mol. The van der Waals surface area contributed by atoms with E-state index in [1.807, 2.05) is 0 Å². The third-order valence-electron chi connectivity index (χ3n) is 2.42. The smallest absolute Gasteiger partial charge is 0.336 e. The lowest BCUT2D eigenvalue weighted by Gasteiger charge is -2.15. The number of hydrogen-bond donors (Lipinski definition) is 3. The molecule has 0 aliphatic heterocycles. The van der Waals surface area contributed by atoms with Crippen LogP contribution < -0.4 is 5.73 Å². The first-order valence-corrected chi connectivity index (χ1v) is 4.79. The Kier molecular flexibility index (Phi) is 5.61. The summed E-state index contributed by atoms with van der Waals surface area (Å²) >= 11 is 0. The van der Waals surface area contributed by atoms with Crippen LogP contribution in [-0.4, -0.2) is 29.3 Å². The molecule has 1 atom stereocenters. The van der Waals surface area contributed by atoms with E-state index in [2.05, 4.69) is 4.74 Å². The normalized spacial score (nSPS) is 11.3. The number of benzene rings is 1. The van der Waals surface area contributed by atoms with E-state index in [4.69, 9.17) is 10.8 Å². The van der Waals surface area contributed by atoms with E-state index in [-0.39, 0.29) is 29.3 Å². The van der Waals surface area contributed by atoms with Crippen molar-refractivity contribution in [2.24, 2.45) is 5.73 Å². The Morgan fingerprint density at radius 1 is 1.39 bits per heavy atom. The fraction of sp³-hybridized carbons (Fsp3) is 0.273. The summed E-state index contributed by atoms with van der Waals surface area (Å²) in [6, 6.07) is 1.40. The number of carbonyl (C=O) groups is 2. The number of phenolic OH excluding ortho intramolecular Hbond substituents is 1. The van der Waals surface area contributed by atoms with Gasteiger partial charge in [0.25, 0.3) is 0 Å². The van der Waals surface area contributed by atoms with Gasteiger partial charge in [0.05, 0.1) is 12.7 Å². The number of carboxylic acids is 1. The van der Waals surface area contributed by atoms with Gasteiger partial charge in [-0.1, -0.05) is 6.07 Å². The van der Waals surface area contributed by atoms with Crippen LogP contribution in [0.4, 0.5) is 0 Å². The van der Waals surface area contributed by atoms with Crippen molar-refractivity contribution in [3.63, 3.8) is 0 Å². The van der Waals surface area contributed by atoms with Crippen LogP contribution in [0, 0.1) is 6.92 Å². The van der Waals surface area contributed by atoms with Gasteiger partial charge in [-0.3, -0.25) is 4.79 Å². The number of aromatic carboxylic acids is 1. The second-order valence-electron chi connectivity index (χ2n) is 3.50. The summed E-state index contributed by atoms with van der Waals surface area (Å²) in [5, 5.41) is 18.8. The number of hydrogen-bond acceptors (Lipinski definition) is 5. The standard InChI is InChI=1S/C11H13NO5.ClH/c1-5-3-4-6(10(14)15)7(9(5)13)8(12)11(16)17-2;/h3-4,8,13H,12H2,1-2H3,(H,14,15);1H/t8-;/m0./s1. The molecule has 0 fully saturated rings. The minimum absolute atomic E-state index is 0. The Morgan fingerprint density at radius 3 is 2.39 bits per heavy atom. The summed E-state index contributed by atoms with van der Waals surface area (Å²) in [6.45, 7) is 1.58. The van der Waals surface area contributed by atoms with Gasteiger partial charge in [0, 0.05) is 5.56 Å². The largest absolute Gasteiger partial charge is 0.507 e. The molecule has 6 nitrogen and oxygen atoms in total. The highest BCUT2D eigenvalue weighted by Crippen LogP contribution is 2.30. The molecule has 100 valence electrons. The average molecular weight is 276 g/mol. The quantitative estimate of drug-likeness (QED) is 0.710. The van der Waals surface area contributed by atoms with Gasteiger partial charge in [0.2, 0.25) is 0 Å². The van der Waals surface area contributed by atoms with E-state index in [0.29, 0.717) is 5.56 Å². The van der Waals surface area contributed by atoms with Gasteiger partial charge in [-0.15, -0.1) is 12.4 Å². The third kappa shape index (κ3) is 2.91. The van der Waals surface area contributed by atoms with Crippen molar-refractivity contribution in [3.8, 4) is 5.75 Å². The lowest BCUT2D eigenvalue weighted by molar-refractivity contribution is -0.142. The molecule has 0 spiro atoms. The molecule has 1 aromatic rings. The van der Waals surface area contributed by atoms with Gasteiger partial charge in [0.15, 0.2) is 0 Å². The Hall–Kier alpha value is -1.79. The molecule has 1 rings (SSSR count). The molecular formula is C11H14ClNO5. The zero-order valence-corrected chi connectivity index (χ0v) is 10.7. The highest BCUT2D eigenvalue weighted by molar-refractivity contribution is 5.93. The van der Waals surface area contributed by atoms with E-state index < -0.39 is 18.0 Å². The van der Waals surface area contributed by atoms with E-state index in [9.17, 15) is 14.7 Å². The third-order valence-corrected chi connectivity index (χ3v) is 2.42. The summed E-state index contributed by atoms with van der Waals surface area (Å²) in [5.41, 5.74) is 5.64. The molecule has 0 bridgehead atoms. The number of phenols is 1. The molecular weight excluding hydrogens is 262 g/mol. The van der Waals surface area contributed by atoms with Gasteiger partial charge in [0.1, 0.15) is 11.8 Å². The number of carbonyl (C=O) groups excluding carboxylic acids is 1. The molecule has 0 amide bonds. The van der Waals surface area contributed by atoms with Gasteiger partial charge in [-0.25, -0.2) is 4.79 Å². The number of nitrogens with two attached hydrogens (primary N) is 1. The van der Waals surface area contributed by atoms with E-state index in [1.54, 1.807) is 6.92 Å². The van der Waals surface area contributed by atoms with Crippen LogP contribution in [0.1, 0.15) is 27.5 Å². The van der Waals surface area contributed by atoms with Gasteiger partial charge in [-0.05, 0) is 18.6 Å². The number of rotatable bonds is 3. The predicted octanol–water partition coefficient (Wildman–Crippen LogP) is 0.993. The fourth-order valence-electron chi connectivity index (χ4n) is 1.46. The molecule has 0 radical (unpaired) electrons. The van der Waals surface area contributed by atoms with Crippen molar-refractivity contribution >= 4 is 24.3 Å². The Morgan fingerprint density at radius 2 is 1.94 bits per heavy atom. The molecule has 0 saturated carbocycles. The van der Waals surface area contributed by atoms with Crippen molar-refractivity contribution in [2.45, 2.75) is 13.0 Å². The molecule has 0 unspecified atom stereocenters. The lowest BCUT2D eigenvalue weighted by atomic mass is 9.97. The Balaban J connectivity index is 0.00000289. The minimum atomic E-state index is -1.33. The first-order chi connectivity index (χ1) is 7.90. The molecule has 0 heterocycles. The van der Waals surface area contributed by atoms with E-state index in [1.165, 1.54) is 12.1 Å². The van der Waals surface area contributed by atoms with Crippen LogP contribution in [0.2, 0.25) is 0 Å². The van der Waals surface area contributed by atoms with Crippen LogP contribution in [0.15, 0.2) is 12.1 Å². The summed E-state index contributed by atoms with van der Waals surface area (Å²) in [4.78, 5) is 22.3. The number of ether oxygens (including phenoxy) is 1. The first kappa shape index (κ1) is 16.2. The molecule has 0 saturated heterocycles. The number of halogens is 1. The number of esters is 1. The van der Waals surface area contributed by atoms with E-state index >= 15 is 0 Å². The maximum Gasteiger partial charge on any atom is 0.336 e. The molecule has 0 aliphatic rings. The average Bonchev–Trinajstić information content (AvgIpc) is 2.30. The second-order valence-corrected chi connectivity index (χ2v) is 3.50. The highest BCUT2D eigenvalue weighted by Gasteiger charge is 2.26. The summed E-state index contributed by atoms with van der Waals surface area (Å²) in [5.74, 6) is -2.38. The molecule has 4 N–H and O–H groups in total. The minimum Gasteiger partial charge on any atom is -0.507 e. The summed E-state index contributed by atoms with van der Waals surface area (Å²) in [6.07, 6.45) is 0. The molecule has 0 aliphatic carbocycles. The van der Waals surface area contributed by atoms with Crippen LogP contribution in [0.3, 0.4) is 0 Å². The van der Waals surface area contributed by atoms with Crippen LogP contribution in [0.5, 0.6) is 5.75 Å². The van der Waals surface area contributed by atoms with Crippen molar-refractivity contribution in [2.75, 3.05) is 7.11 Å². The molecule has 18 heavy (non-hydrogen) atoms. The van der Waals surface area contributed by atoms with Crippen molar-refractivity contribution in [1.82, 2.24) is 0 Å². The topological polar surface area (TPSA) is 110 Å². The van der Waals surface area contributed by atoms with Gasteiger partial charge >= 0.3 is 11.9 Å². The summed E-state index contributed by atoms with van der Waals surface area (Å²) < 4.78 is 4.43. The Bertz CT molecular complexity index is 475. The van der Waals surface area contributed by atoms with Crippen molar-refractivity contribution < 1.29 is 24.5 Å². The summed E-state index contributed by atoms with van der Waals surface area (Å²) in [7, 11) is 1.13. The number of carboxylic acid groups (broad SMARTS) is 1. The van der Waals surface area contributed by atoms with Gasteiger partial charge in [-0.2, -0.15) is 0 Å². The van der Waals surface area contributed by atoms with E-state index in [0.717, 1.165) is 7.11 Å². The van der Waals surface area contributed by atoms with Crippen LogP contribution in [0.25, 0.3) is 0 Å². The van der Waals surface area contributed by atoms with Crippen molar-refractivity contribution in [1.29, 1.82) is 0 Å². The zero-order valence-electron chi connectivity index (χ0n) is 9.84.